The van der Waals surface area contributed by atoms with Crippen LogP contribution in [0.1, 0.15) is 20.8 Å². The molecule has 0 saturated heterocycles. The van der Waals surface area contributed by atoms with Gasteiger partial charge in [-0.1, -0.05) is 26.0 Å². The highest BCUT2D eigenvalue weighted by molar-refractivity contribution is 4.74. The van der Waals surface area contributed by atoms with Gasteiger partial charge < -0.3 is 5.11 Å². The van der Waals surface area contributed by atoms with Crippen LogP contribution in [0.3, 0.4) is 0 Å². The Balaban J connectivity index is 2.53. The molecule has 1 atom stereocenters. The highest BCUT2D eigenvalue weighted by atomic mass is 16.3. The summed E-state index contributed by atoms with van der Waals surface area (Å²) >= 11 is 0. The first-order valence-corrected chi connectivity index (χ1v) is 4.02. The van der Waals surface area contributed by atoms with Crippen LogP contribution in [0.5, 0.6) is 0 Å². The second-order valence-electron chi connectivity index (χ2n) is 4.01. The summed E-state index contributed by atoms with van der Waals surface area (Å²) in [6, 6.07) is 0. The van der Waals surface area contributed by atoms with Crippen LogP contribution in [-0.4, -0.2) is 26.2 Å². The first-order chi connectivity index (χ1) is 5.50. The predicted molar refractivity (Wildman–Crippen MR) is 45.5 cm³/mol. The maximum absolute atomic E-state index is 9.67. The predicted octanol–water partition coefficient (Wildman–Crippen LogP) is 0.685. The van der Waals surface area contributed by atoms with Crippen LogP contribution in [0, 0.1) is 5.41 Å². The molecule has 1 rings (SSSR count). The standard InChI is InChI=1S/C8H15N3O/c1-8(2,3)7(12)6-11-5-4-9-10-11/h4-5,7,12H,6H2,1-3H3. The van der Waals surface area contributed by atoms with Crippen molar-refractivity contribution in [3.8, 4) is 0 Å². The zero-order chi connectivity index (χ0) is 9.19. The first-order valence-electron chi connectivity index (χ1n) is 4.02. The van der Waals surface area contributed by atoms with Gasteiger partial charge >= 0.3 is 0 Å². The molecule has 0 aliphatic carbocycles. The van der Waals surface area contributed by atoms with E-state index >= 15 is 0 Å². The molecule has 0 aromatic carbocycles. The molecule has 0 fully saturated rings. The number of aromatic nitrogens is 3. The van der Waals surface area contributed by atoms with Gasteiger partial charge in [0.2, 0.25) is 0 Å². The highest BCUT2D eigenvalue weighted by Crippen LogP contribution is 2.19. The Morgan fingerprint density at radius 3 is 2.58 bits per heavy atom. The first kappa shape index (κ1) is 9.19. The average molecular weight is 169 g/mol. The van der Waals surface area contributed by atoms with Crippen molar-refractivity contribution >= 4 is 0 Å². The Kier molecular flexibility index (Phi) is 2.47. The van der Waals surface area contributed by atoms with E-state index in [4.69, 9.17) is 0 Å². The molecular formula is C8H15N3O. The number of aliphatic hydroxyl groups is 1. The largest absolute Gasteiger partial charge is 0.391 e. The van der Waals surface area contributed by atoms with E-state index in [0.717, 1.165) is 0 Å². The van der Waals surface area contributed by atoms with Gasteiger partial charge in [-0.2, -0.15) is 0 Å². The number of hydrogen-bond acceptors (Lipinski definition) is 3. The average Bonchev–Trinajstić information content (AvgIpc) is 2.37. The van der Waals surface area contributed by atoms with E-state index in [0.29, 0.717) is 6.54 Å². The summed E-state index contributed by atoms with van der Waals surface area (Å²) in [5.41, 5.74) is -0.105. The summed E-state index contributed by atoms with van der Waals surface area (Å²) in [4.78, 5) is 0. The normalized spacial score (nSPS) is 14.7. The van der Waals surface area contributed by atoms with Crippen LogP contribution in [0.15, 0.2) is 12.4 Å². The van der Waals surface area contributed by atoms with Crippen LogP contribution in [-0.2, 0) is 6.54 Å². The molecule has 1 unspecified atom stereocenters. The van der Waals surface area contributed by atoms with Crippen molar-refractivity contribution in [3.05, 3.63) is 12.4 Å². The van der Waals surface area contributed by atoms with Gasteiger partial charge in [0.15, 0.2) is 0 Å². The van der Waals surface area contributed by atoms with Crippen molar-refractivity contribution in [1.82, 2.24) is 15.0 Å². The van der Waals surface area contributed by atoms with Crippen molar-refractivity contribution in [2.45, 2.75) is 33.4 Å². The molecule has 0 radical (unpaired) electrons. The Hall–Kier alpha value is -0.900. The number of hydrogen-bond donors (Lipinski definition) is 1. The van der Waals surface area contributed by atoms with E-state index in [1.54, 1.807) is 17.1 Å². The Morgan fingerprint density at radius 2 is 2.17 bits per heavy atom. The van der Waals surface area contributed by atoms with Gasteiger partial charge in [-0.05, 0) is 5.41 Å². The molecule has 0 amide bonds. The van der Waals surface area contributed by atoms with E-state index in [2.05, 4.69) is 10.3 Å². The van der Waals surface area contributed by atoms with E-state index in [9.17, 15) is 5.11 Å². The topological polar surface area (TPSA) is 50.9 Å². The summed E-state index contributed by atoms with van der Waals surface area (Å²) in [6.07, 6.45) is 2.96. The van der Waals surface area contributed by atoms with Gasteiger partial charge in [0.1, 0.15) is 0 Å². The summed E-state index contributed by atoms with van der Waals surface area (Å²) < 4.78 is 1.63. The molecule has 0 aliphatic heterocycles. The maximum atomic E-state index is 9.67. The molecule has 68 valence electrons. The second-order valence-corrected chi connectivity index (χ2v) is 4.01. The quantitative estimate of drug-likeness (QED) is 0.708. The van der Waals surface area contributed by atoms with Crippen molar-refractivity contribution in [1.29, 1.82) is 0 Å². The third kappa shape index (κ3) is 2.30. The number of nitrogens with zero attached hydrogens (tertiary/aromatic N) is 3. The van der Waals surface area contributed by atoms with E-state index in [1.807, 2.05) is 20.8 Å². The Labute approximate surface area is 72.2 Å². The SMILES string of the molecule is CC(C)(C)C(O)Cn1ccnn1. The lowest BCUT2D eigenvalue weighted by Crippen LogP contribution is -2.30. The van der Waals surface area contributed by atoms with Crippen molar-refractivity contribution in [2.75, 3.05) is 0 Å². The van der Waals surface area contributed by atoms with Gasteiger partial charge in [0, 0.05) is 6.20 Å². The minimum atomic E-state index is -0.390. The third-order valence-corrected chi connectivity index (χ3v) is 1.83. The fraction of sp³-hybridized carbons (Fsp3) is 0.750. The summed E-state index contributed by atoms with van der Waals surface area (Å²) in [5.74, 6) is 0. The van der Waals surface area contributed by atoms with Crippen LogP contribution >= 0.6 is 0 Å². The molecule has 0 saturated carbocycles. The minimum Gasteiger partial charge on any atom is -0.391 e. The van der Waals surface area contributed by atoms with E-state index < -0.39 is 0 Å². The molecule has 1 aromatic rings. The van der Waals surface area contributed by atoms with Crippen LogP contribution < -0.4 is 0 Å². The molecule has 4 heteroatoms. The monoisotopic (exact) mass is 169 g/mol. The molecule has 0 aliphatic rings. The van der Waals surface area contributed by atoms with Crippen molar-refractivity contribution in [2.24, 2.45) is 5.41 Å². The zero-order valence-electron chi connectivity index (χ0n) is 7.73. The molecule has 1 N–H and O–H groups in total. The lowest BCUT2D eigenvalue weighted by Gasteiger charge is -2.25. The van der Waals surface area contributed by atoms with Gasteiger partial charge in [0.25, 0.3) is 0 Å². The number of rotatable bonds is 2. The van der Waals surface area contributed by atoms with Gasteiger partial charge in [-0.25, -0.2) is 4.68 Å². The summed E-state index contributed by atoms with van der Waals surface area (Å²) in [7, 11) is 0. The lowest BCUT2D eigenvalue weighted by atomic mass is 9.89. The summed E-state index contributed by atoms with van der Waals surface area (Å²) in [6.45, 7) is 6.49. The van der Waals surface area contributed by atoms with E-state index in [1.165, 1.54) is 0 Å². The maximum Gasteiger partial charge on any atom is 0.0784 e. The molecule has 0 bridgehead atoms. The molecule has 4 nitrogen and oxygen atoms in total. The van der Waals surface area contributed by atoms with Crippen molar-refractivity contribution < 1.29 is 5.11 Å². The van der Waals surface area contributed by atoms with Gasteiger partial charge in [-0.15, -0.1) is 5.10 Å². The Morgan fingerprint density at radius 1 is 1.50 bits per heavy atom. The zero-order valence-corrected chi connectivity index (χ0v) is 7.73. The van der Waals surface area contributed by atoms with E-state index in [-0.39, 0.29) is 11.5 Å². The fourth-order valence-corrected chi connectivity index (χ4v) is 0.781. The molecule has 12 heavy (non-hydrogen) atoms. The lowest BCUT2D eigenvalue weighted by molar-refractivity contribution is 0.0446. The van der Waals surface area contributed by atoms with Gasteiger partial charge in [0.05, 0.1) is 18.8 Å². The number of aliphatic hydroxyl groups excluding tert-OH is 1. The Bertz CT molecular complexity index is 225. The van der Waals surface area contributed by atoms with Crippen LogP contribution in [0.4, 0.5) is 0 Å². The van der Waals surface area contributed by atoms with Crippen LogP contribution in [0.2, 0.25) is 0 Å². The second kappa shape index (κ2) is 3.23. The smallest absolute Gasteiger partial charge is 0.0784 e. The molecule has 1 heterocycles. The molecule has 0 spiro atoms. The highest BCUT2D eigenvalue weighted by Gasteiger charge is 2.22. The minimum absolute atomic E-state index is 0.105. The summed E-state index contributed by atoms with van der Waals surface area (Å²) in [5, 5.41) is 17.1. The third-order valence-electron chi connectivity index (χ3n) is 1.83. The van der Waals surface area contributed by atoms with Gasteiger partial charge in [-0.3, -0.25) is 0 Å². The molecule has 1 aromatic heterocycles. The molecular weight excluding hydrogens is 154 g/mol. The van der Waals surface area contributed by atoms with Crippen molar-refractivity contribution in [3.63, 3.8) is 0 Å². The fourth-order valence-electron chi connectivity index (χ4n) is 0.781. The van der Waals surface area contributed by atoms with Crippen LogP contribution in [0.25, 0.3) is 0 Å².